The Morgan fingerprint density at radius 3 is 3.00 bits per heavy atom. The number of rotatable bonds is 4. The van der Waals surface area contributed by atoms with Gasteiger partial charge in [0.15, 0.2) is 0 Å². The van der Waals surface area contributed by atoms with E-state index in [0.29, 0.717) is 5.92 Å². The van der Waals surface area contributed by atoms with Crippen LogP contribution in [-0.2, 0) is 11.2 Å². The normalized spacial score (nSPS) is 23.0. The number of hydrogen-bond acceptors (Lipinski definition) is 3. The van der Waals surface area contributed by atoms with Gasteiger partial charge >= 0.3 is 0 Å². The van der Waals surface area contributed by atoms with Gasteiger partial charge in [-0.1, -0.05) is 13.0 Å². The standard InChI is InChI=1S/C14H21N3O/c1-11-6-9-16-13(11)14(18)17(2)10-7-12-5-3-4-8-15-12/h3-5,8,11,13,16H,6-7,9-10H2,1-2H3. The molecule has 1 N–H and O–H groups in total. The van der Waals surface area contributed by atoms with Gasteiger partial charge in [0.2, 0.25) is 5.91 Å². The Hall–Kier alpha value is -1.42. The van der Waals surface area contributed by atoms with Crippen LogP contribution in [0.1, 0.15) is 19.0 Å². The number of carbonyl (C=O) groups excluding carboxylic acids is 1. The zero-order valence-electron chi connectivity index (χ0n) is 11.1. The van der Waals surface area contributed by atoms with Gasteiger partial charge in [0.05, 0.1) is 6.04 Å². The first kappa shape index (κ1) is 13.0. The molecule has 1 aromatic heterocycles. The van der Waals surface area contributed by atoms with Crippen LogP contribution in [-0.4, -0.2) is 42.0 Å². The van der Waals surface area contributed by atoms with Crippen LogP contribution in [0.2, 0.25) is 0 Å². The van der Waals surface area contributed by atoms with Crippen LogP contribution in [0.4, 0.5) is 0 Å². The summed E-state index contributed by atoms with van der Waals surface area (Å²) in [6.07, 6.45) is 3.69. The number of likely N-dealkylation sites (N-methyl/N-ethyl adjacent to an activating group) is 1. The van der Waals surface area contributed by atoms with E-state index in [9.17, 15) is 4.79 Å². The predicted molar refractivity (Wildman–Crippen MR) is 71.1 cm³/mol. The second-order valence-corrected chi connectivity index (χ2v) is 5.03. The van der Waals surface area contributed by atoms with E-state index in [1.807, 2.05) is 30.1 Å². The second-order valence-electron chi connectivity index (χ2n) is 5.03. The van der Waals surface area contributed by atoms with Crippen molar-refractivity contribution in [1.82, 2.24) is 15.2 Å². The fourth-order valence-electron chi connectivity index (χ4n) is 2.34. The van der Waals surface area contributed by atoms with Gasteiger partial charge in [-0.3, -0.25) is 9.78 Å². The molecule has 0 saturated carbocycles. The first-order valence-electron chi connectivity index (χ1n) is 6.57. The highest BCUT2D eigenvalue weighted by molar-refractivity contribution is 5.82. The summed E-state index contributed by atoms with van der Waals surface area (Å²) in [7, 11) is 1.87. The number of nitrogens with one attached hydrogen (secondary N) is 1. The van der Waals surface area contributed by atoms with Crippen LogP contribution in [0.25, 0.3) is 0 Å². The van der Waals surface area contributed by atoms with E-state index in [-0.39, 0.29) is 11.9 Å². The number of amides is 1. The van der Waals surface area contributed by atoms with Gasteiger partial charge < -0.3 is 10.2 Å². The minimum absolute atomic E-state index is 0.00117. The average molecular weight is 247 g/mol. The van der Waals surface area contributed by atoms with Crippen LogP contribution in [0.15, 0.2) is 24.4 Å². The molecule has 0 radical (unpaired) electrons. The lowest BCUT2D eigenvalue weighted by atomic mass is 10.0. The molecule has 2 rings (SSSR count). The number of nitrogens with zero attached hydrogens (tertiary/aromatic N) is 2. The van der Waals surface area contributed by atoms with E-state index in [0.717, 1.165) is 31.6 Å². The van der Waals surface area contributed by atoms with Gasteiger partial charge in [-0.25, -0.2) is 0 Å². The molecule has 1 aliphatic heterocycles. The number of pyridine rings is 1. The molecule has 1 aromatic rings. The fraction of sp³-hybridized carbons (Fsp3) is 0.571. The Morgan fingerprint density at radius 2 is 2.39 bits per heavy atom. The lowest BCUT2D eigenvalue weighted by Crippen LogP contribution is -2.44. The highest BCUT2D eigenvalue weighted by atomic mass is 16.2. The largest absolute Gasteiger partial charge is 0.344 e. The summed E-state index contributed by atoms with van der Waals surface area (Å²) in [4.78, 5) is 18.3. The molecule has 1 saturated heterocycles. The van der Waals surface area contributed by atoms with Crippen LogP contribution in [0.5, 0.6) is 0 Å². The number of aromatic nitrogens is 1. The van der Waals surface area contributed by atoms with E-state index in [1.165, 1.54) is 0 Å². The van der Waals surface area contributed by atoms with Crippen LogP contribution < -0.4 is 5.32 Å². The van der Waals surface area contributed by atoms with Gasteiger partial charge in [-0.15, -0.1) is 0 Å². The summed E-state index contributed by atoms with van der Waals surface area (Å²) in [6, 6.07) is 5.88. The monoisotopic (exact) mass is 247 g/mol. The Morgan fingerprint density at radius 1 is 1.56 bits per heavy atom. The molecule has 1 fully saturated rings. The number of carbonyl (C=O) groups is 1. The first-order chi connectivity index (χ1) is 8.68. The summed E-state index contributed by atoms with van der Waals surface area (Å²) in [5, 5.41) is 3.28. The van der Waals surface area contributed by atoms with Gasteiger partial charge in [0, 0.05) is 31.9 Å². The summed E-state index contributed by atoms with van der Waals surface area (Å²) < 4.78 is 0. The molecule has 4 nitrogen and oxygen atoms in total. The van der Waals surface area contributed by atoms with Crippen molar-refractivity contribution in [2.45, 2.75) is 25.8 Å². The molecule has 0 aliphatic carbocycles. The Balaban J connectivity index is 1.84. The fourth-order valence-corrected chi connectivity index (χ4v) is 2.34. The second kappa shape index (κ2) is 5.96. The molecule has 1 amide bonds. The van der Waals surface area contributed by atoms with E-state index in [1.54, 1.807) is 6.20 Å². The van der Waals surface area contributed by atoms with Crippen molar-refractivity contribution in [2.75, 3.05) is 20.1 Å². The van der Waals surface area contributed by atoms with Crippen molar-refractivity contribution in [1.29, 1.82) is 0 Å². The molecule has 2 heterocycles. The van der Waals surface area contributed by atoms with E-state index >= 15 is 0 Å². The molecule has 4 heteroatoms. The highest BCUT2D eigenvalue weighted by Gasteiger charge is 2.30. The van der Waals surface area contributed by atoms with Gasteiger partial charge in [-0.05, 0) is 31.0 Å². The zero-order valence-corrected chi connectivity index (χ0v) is 11.1. The first-order valence-corrected chi connectivity index (χ1v) is 6.57. The Bertz CT molecular complexity index is 393. The minimum Gasteiger partial charge on any atom is -0.344 e. The lowest BCUT2D eigenvalue weighted by molar-refractivity contribution is -0.132. The molecular weight excluding hydrogens is 226 g/mol. The Labute approximate surface area is 108 Å². The topological polar surface area (TPSA) is 45.2 Å². The predicted octanol–water partition coefficient (Wildman–Crippen LogP) is 1.08. The van der Waals surface area contributed by atoms with Crippen molar-refractivity contribution in [3.63, 3.8) is 0 Å². The molecule has 0 spiro atoms. The third kappa shape index (κ3) is 3.07. The minimum atomic E-state index is -0.00117. The molecule has 2 unspecified atom stereocenters. The van der Waals surface area contributed by atoms with Crippen molar-refractivity contribution in [2.24, 2.45) is 5.92 Å². The molecule has 0 aromatic carbocycles. The third-order valence-electron chi connectivity index (χ3n) is 3.60. The third-order valence-corrected chi connectivity index (χ3v) is 3.60. The maximum absolute atomic E-state index is 12.2. The Kier molecular flexibility index (Phi) is 4.31. The molecular formula is C14H21N3O. The summed E-state index contributed by atoms with van der Waals surface area (Å²) >= 11 is 0. The number of hydrogen-bond donors (Lipinski definition) is 1. The molecule has 18 heavy (non-hydrogen) atoms. The van der Waals surface area contributed by atoms with E-state index in [2.05, 4.69) is 17.2 Å². The molecule has 1 aliphatic rings. The van der Waals surface area contributed by atoms with Crippen molar-refractivity contribution in [3.8, 4) is 0 Å². The molecule has 98 valence electrons. The van der Waals surface area contributed by atoms with Gasteiger partial charge in [0.25, 0.3) is 0 Å². The van der Waals surface area contributed by atoms with Crippen molar-refractivity contribution >= 4 is 5.91 Å². The van der Waals surface area contributed by atoms with E-state index in [4.69, 9.17) is 0 Å². The van der Waals surface area contributed by atoms with Crippen LogP contribution >= 0.6 is 0 Å². The average Bonchev–Trinajstić information content (AvgIpc) is 2.82. The van der Waals surface area contributed by atoms with Gasteiger partial charge in [-0.2, -0.15) is 0 Å². The van der Waals surface area contributed by atoms with Crippen LogP contribution in [0, 0.1) is 5.92 Å². The van der Waals surface area contributed by atoms with Crippen molar-refractivity contribution in [3.05, 3.63) is 30.1 Å². The van der Waals surface area contributed by atoms with E-state index < -0.39 is 0 Å². The molecule has 0 bridgehead atoms. The smallest absolute Gasteiger partial charge is 0.239 e. The van der Waals surface area contributed by atoms with Crippen LogP contribution in [0.3, 0.4) is 0 Å². The maximum atomic E-state index is 12.2. The maximum Gasteiger partial charge on any atom is 0.239 e. The zero-order chi connectivity index (χ0) is 13.0. The van der Waals surface area contributed by atoms with Gasteiger partial charge in [0.1, 0.15) is 0 Å². The SMILES string of the molecule is CC1CCNC1C(=O)N(C)CCc1ccccn1. The molecule has 2 atom stereocenters. The summed E-state index contributed by atoms with van der Waals surface area (Å²) in [5.74, 6) is 0.644. The quantitative estimate of drug-likeness (QED) is 0.866. The highest BCUT2D eigenvalue weighted by Crippen LogP contribution is 2.16. The lowest BCUT2D eigenvalue weighted by Gasteiger charge is -2.23. The van der Waals surface area contributed by atoms with Crippen molar-refractivity contribution < 1.29 is 4.79 Å². The summed E-state index contributed by atoms with van der Waals surface area (Å²) in [5.41, 5.74) is 1.03. The summed E-state index contributed by atoms with van der Waals surface area (Å²) in [6.45, 7) is 3.81.